The fourth-order valence-electron chi connectivity index (χ4n) is 1.43. The molecular formula is C12H12N4O. The van der Waals surface area contributed by atoms with Crippen LogP contribution in [0.3, 0.4) is 0 Å². The van der Waals surface area contributed by atoms with Crippen molar-refractivity contribution in [3.63, 3.8) is 0 Å². The molecule has 0 aliphatic rings. The van der Waals surface area contributed by atoms with Crippen molar-refractivity contribution >= 4 is 16.9 Å². The van der Waals surface area contributed by atoms with E-state index in [-0.39, 0.29) is 0 Å². The number of nitrogens with zero attached hydrogens (tertiary/aromatic N) is 2. The molecule has 2 aromatic rings. The molecule has 2 rings (SSSR count). The van der Waals surface area contributed by atoms with Gasteiger partial charge in [0.05, 0.1) is 10.9 Å². The number of benzene rings is 1. The highest BCUT2D eigenvalue weighted by Crippen LogP contribution is 2.23. The van der Waals surface area contributed by atoms with Crippen molar-refractivity contribution in [2.45, 2.75) is 6.42 Å². The minimum absolute atomic E-state index is 0.319. The Bertz CT molecular complexity index is 562. The number of terminal acetylenes is 1. The van der Waals surface area contributed by atoms with E-state index < -0.39 is 0 Å². The third-order valence-electron chi connectivity index (χ3n) is 2.18. The predicted octanol–water partition coefficient (Wildman–Crippen LogP) is 1.32. The minimum atomic E-state index is 0.319. The Hall–Kier alpha value is -2.32. The van der Waals surface area contributed by atoms with E-state index in [1.807, 2.05) is 24.3 Å². The van der Waals surface area contributed by atoms with Gasteiger partial charge in [0.2, 0.25) is 11.8 Å². The lowest BCUT2D eigenvalue weighted by molar-refractivity contribution is 0.319. The first kappa shape index (κ1) is 11.2. The molecule has 0 saturated heterocycles. The Kier molecular flexibility index (Phi) is 3.38. The average molecular weight is 228 g/mol. The van der Waals surface area contributed by atoms with Gasteiger partial charge in [0, 0.05) is 6.42 Å². The largest absolute Gasteiger partial charge is 0.476 e. The van der Waals surface area contributed by atoms with E-state index in [0.29, 0.717) is 24.9 Å². The lowest BCUT2D eigenvalue weighted by atomic mass is 10.2. The van der Waals surface area contributed by atoms with Crippen LogP contribution in [-0.4, -0.2) is 16.6 Å². The molecule has 5 heteroatoms. The molecule has 0 fully saturated rings. The molecule has 0 aliphatic carbocycles. The Morgan fingerprint density at radius 2 is 2.18 bits per heavy atom. The van der Waals surface area contributed by atoms with Crippen molar-refractivity contribution in [1.29, 1.82) is 0 Å². The summed E-state index contributed by atoms with van der Waals surface area (Å²) in [6.07, 6.45) is 5.70. The molecule has 1 aromatic carbocycles. The topological polar surface area (TPSA) is 73.1 Å². The molecule has 3 N–H and O–H groups in total. The summed E-state index contributed by atoms with van der Waals surface area (Å²) in [5.74, 6) is 8.61. The van der Waals surface area contributed by atoms with Crippen LogP contribution in [0.2, 0.25) is 0 Å². The molecule has 0 saturated carbocycles. The minimum Gasteiger partial charge on any atom is -0.476 e. The Morgan fingerprint density at radius 3 is 2.94 bits per heavy atom. The van der Waals surface area contributed by atoms with Crippen molar-refractivity contribution in [2.24, 2.45) is 5.84 Å². The van der Waals surface area contributed by atoms with Gasteiger partial charge >= 0.3 is 0 Å². The predicted molar refractivity (Wildman–Crippen MR) is 66.3 cm³/mol. The summed E-state index contributed by atoms with van der Waals surface area (Å²) in [6, 6.07) is 7.54. The summed E-state index contributed by atoms with van der Waals surface area (Å²) < 4.78 is 5.51. The number of hydrogen-bond donors (Lipinski definition) is 2. The number of ether oxygens (including phenoxy) is 1. The van der Waals surface area contributed by atoms with E-state index in [2.05, 4.69) is 21.3 Å². The van der Waals surface area contributed by atoms with Gasteiger partial charge in [0.25, 0.3) is 0 Å². The summed E-state index contributed by atoms with van der Waals surface area (Å²) >= 11 is 0. The highest BCUT2D eigenvalue weighted by Gasteiger charge is 2.07. The van der Waals surface area contributed by atoms with Gasteiger partial charge in [-0.1, -0.05) is 12.1 Å². The summed E-state index contributed by atoms with van der Waals surface area (Å²) in [5.41, 5.74) is 3.18. The SMILES string of the molecule is C#CCCOc1nc(NN)nc2ccccc12. The summed E-state index contributed by atoms with van der Waals surface area (Å²) in [6.45, 7) is 0.418. The first-order valence-electron chi connectivity index (χ1n) is 5.15. The van der Waals surface area contributed by atoms with Crippen molar-refractivity contribution in [1.82, 2.24) is 9.97 Å². The van der Waals surface area contributed by atoms with E-state index in [0.717, 1.165) is 10.9 Å². The van der Waals surface area contributed by atoms with E-state index in [4.69, 9.17) is 17.0 Å². The van der Waals surface area contributed by atoms with Crippen molar-refractivity contribution in [3.05, 3.63) is 24.3 Å². The van der Waals surface area contributed by atoms with Gasteiger partial charge < -0.3 is 4.74 Å². The van der Waals surface area contributed by atoms with Gasteiger partial charge in [-0.25, -0.2) is 10.8 Å². The van der Waals surface area contributed by atoms with Gasteiger partial charge in [0.15, 0.2) is 0 Å². The maximum atomic E-state index is 5.51. The number of anilines is 1. The fourth-order valence-corrected chi connectivity index (χ4v) is 1.43. The fraction of sp³-hybridized carbons (Fsp3) is 0.167. The third kappa shape index (κ3) is 2.44. The van der Waals surface area contributed by atoms with Crippen molar-refractivity contribution in [3.8, 4) is 18.2 Å². The van der Waals surface area contributed by atoms with Gasteiger partial charge in [-0.2, -0.15) is 4.98 Å². The summed E-state index contributed by atoms with van der Waals surface area (Å²) in [7, 11) is 0. The zero-order chi connectivity index (χ0) is 12.1. The number of nitrogen functional groups attached to an aromatic ring is 1. The van der Waals surface area contributed by atoms with Crippen LogP contribution < -0.4 is 16.0 Å². The molecular weight excluding hydrogens is 216 g/mol. The Morgan fingerprint density at radius 1 is 1.35 bits per heavy atom. The van der Waals surface area contributed by atoms with E-state index in [1.54, 1.807) is 0 Å². The van der Waals surface area contributed by atoms with Crippen LogP contribution in [0.25, 0.3) is 10.9 Å². The number of rotatable bonds is 4. The highest BCUT2D eigenvalue weighted by atomic mass is 16.5. The second-order valence-corrected chi connectivity index (χ2v) is 3.32. The van der Waals surface area contributed by atoms with Gasteiger partial charge in [-0.3, -0.25) is 5.43 Å². The van der Waals surface area contributed by atoms with Crippen molar-refractivity contribution in [2.75, 3.05) is 12.0 Å². The van der Waals surface area contributed by atoms with Gasteiger partial charge in [-0.15, -0.1) is 12.3 Å². The van der Waals surface area contributed by atoms with Gasteiger partial charge in [0.1, 0.15) is 6.61 Å². The Balaban J connectivity index is 2.40. The monoisotopic (exact) mass is 228 g/mol. The van der Waals surface area contributed by atoms with Crippen LogP contribution in [0.4, 0.5) is 5.95 Å². The molecule has 0 radical (unpaired) electrons. The maximum absolute atomic E-state index is 5.51. The molecule has 1 heterocycles. The Labute approximate surface area is 99.0 Å². The van der Waals surface area contributed by atoms with Crippen LogP contribution in [-0.2, 0) is 0 Å². The molecule has 17 heavy (non-hydrogen) atoms. The molecule has 5 nitrogen and oxygen atoms in total. The molecule has 0 bridgehead atoms. The number of fused-ring (bicyclic) bond motifs is 1. The summed E-state index contributed by atoms with van der Waals surface area (Å²) in [5, 5.41) is 0.837. The van der Waals surface area contributed by atoms with Crippen LogP contribution in [0.1, 0.15) is 6.42 Å². The lowest BCUT2D eigenvalue weighted by Crippen LogP contribution is -2.11. The molecule has 1 aromatic heterocycles. The van der Waals surface area contributed by atoms with E-state index in [9.17, 15) is 0 Å². The highest BCUT2D eigenvalue weighted by molar-refractivity contribution is 5.84. The zero-order valence-corrected chi connectivity index (χ0v) is 9.18. The molecule has 0 atom stereocenters. The number of para-hydroxylation sites is 1. The number of hydrogen-bond acceptors (Lipinski definition) is 5. The molecule has 0 amide bonds. The quantitative estimate of drug-likeness (QED) is 0.357. The number of aromatic nitrogens is 2. The number of nitrogens with two attached hydrogens (primary N) is 1. The van der Waals surface area contributed by atoms with Crippen LogP contribution >= 0.6 is 0 Å². The smallest absolute Gasteiger partial charge is 0.241 e. The van der Waals surface area contributed by atoms with Crippen molar-refractivity contribution < 1.29 is 4.74 Å². The maximum Gasteiger partial charge on any atom is 0.241 e. The zero-order valence-electron chi connectivity index (χ0n) is 9.18. The third-order valence-corrected chi connectivity index (χ3v) is 2.18. The van der Waals surface area contributed by atoms with Crippen LogP contribution in [0.15, 0.2) is 24.3 Å². The molecule has 86 valence electrons. The average Bonchev–Trinajstić information content (AvgIpc) is 2.38. The second-order valence-electron chi connectivity index (χ2n) is 3.32. The van der Waals surface area contributed by atoms with Crippen LogP contribution in [0.5, 0.6) is 5.88 Å². The van der Waals surface area contributed by atoms with E-state index >= 15 is 0 Å². The standard InChI is InChI=1S/C12H12N4O/c1-2-3-8-17-11-9-6-4-5-7-10(9)14-12(15-11)16-13/h1,4-7H,3,8,13H2,(H,14,15,16). The molecule has 0 unspecified atom stereocenters. The lowest BCUT2D eigenvalue weighted by Gasteiger charge is -2.08. The number of nitrogens with one attached hydrogen (secondary N) is 1. The molecule has 0 aliphatic heterocycles. The second kappa shape index (κ2) is 5.14. The summed E-state index contributed by atoms with van der Waals surface area (Å²) in [4.78, 5) is 8.37. The van der Waals surface area contributed by atoms with E-state index in [1.165, 1.54) is 0 Å². The molecule has 0 spiro atoms. The first-order valence-corrected chi connectivity index (χ1v) is 5.15. The van der Waals surface area contributed by atoms with Crippen LogP contribution in [0, 0.1) is 12.3 Å². The van der Waals surface area contributed by atoms with Gasteiger partial charge in [-0.05, 0) is 12.1 Å². The first-order chi connectivity index (χ1) is 8.35. The normalized spacial score (nSPS) is 9.88. The number of hydrazine groups is 1.